The van der Waals surface area contributed by atoms with Crippen LogP contribution in [0.2, 0.25) is 0 Å². The second-order valence-electron chi connectivity index (χ2n) is 5.74. The Morgan fingerprint density at radius 2 is 2.00 bits per heavy atom. The highest BCUT2D eigenvalue weighted by Crippen LogP contribution is 2.14. The van der Waals surface area contributed by atoms with Crippen molar-refractivity contribution in [2.45, 2.75) is 26.4 Å². The van der Waals surface area contributed by atoms with Crippen LogP contribution >= 0.6 is 15.9 Å². The van der Waals surface area contributed by atoms with Gasteiger partial charge in [-0.25, -0.2) is 4.98 Å². The second kappa shape index (κ2) is 7.65. The lowest BCUT2D eigenvalue weighted by Gasteiger charge is -2.09. The Labute approximate surface area is 157 Å². The monoisotopic (exact) mass is 416 g/mol. The van der Waals surface area contributed by atoms with Gasteiger partial charge >= 0.3 is 0 Å². The highest BCUT2D eigenvalue weighted by atomic mass is 79.9. The number of benzene rings is 1. The summed E-state index contributed by atoms with van der Waals surface area (Å²) in [5.74, 6) is -0.243. The first-order valence-electron chi connectivity index (χ1n) is 8.13. The summed E-state index contributed by atoms with van der Waals surface area (Å²) in [6.07, 6.45) is 3.16. The van der Waals surface area contributed by atoms with E-state index in [0.717, 1.165) is 4.47 Å². The van der Waals surface area contributed by atoms with Gasteiger partial charge in [0, 0.05) is 36.2 Å². The van der Waals surface area contributed by atoms with Crippen LogP contribution in [-0.4, -0.2) is 20.0 Å². The van der Waals surface area contributed by atoms with E-state index in [4.69, 9.17) is 0 Å². The Morgan fingerprint density at radius 1 is 1.19 bits per heavy atom. The number of aromatic nitrogens is 3. The predicted molar refractivity (Wildman–Crippen MR) is 103 cm³/mol. The normalized spacial score (nSPS) is 10.8. The number of nitrogens with one attached hydrogen (secondary N) is 1. The maximum Gasteiger partial charge on any atom is 0.261 e. The first-order chi connectivity index (χ1) is 12.5. The third-order valence-electron chi connectivity index (χ3n) is 3.97. The van der Waals surface area contributed by atoms with Gasteiger partial charge in [-0.1, -0.05) is 15.9 Å². The minimum Gasteiger partial charge on any atom is -0.325 e. The summed E-state index contributed by atoms with van der Waals surface area (Å²) in [7, 11) is 0. The van der Waals surface area contributed by atoms with Gasteiger partial charge in [-0.15, -0.1) is 0 Å². The topological polar surface area (TPSA) is 86.0 Å². The molecule has 2 heterocycles. The highest BCUT2D eigenvalue weighted by molar-refractivity contribution is 9.10. The fourth-order valence-corrected chi connectivity index (χ4v) is 2.95. The molecule has 0 spiro atoms. The number of amides is 1. The van der Waals surface area contributed by atoms with Crippen molar-refractivity contribution in [2.24, 2.45) is 0 Å². The lowest BCUT2D eigenvalue weighted by Crippen LogP contribution is -2.24. The summed E-state index contributed by atoms with van der Waals surface area (Å²) in [6, 6.07) is 8.28. The van der Waals surface area contributed by atoms with Crippen LogP contribution < -0.4 is 16.4 Å². The third kappa shape index (κ3) is 3.91. The first-order valence-corrected chi connectivity index (χ1v) is 8.92. The Balaban J connectivity index is 1.72. The van der Waals surface area contributed by atoms with E-state index in [1.807, 2.05) is 13.0 Å². The quantitative estimate of drug-likeness (QED) is 0.691. The molecular formula is C18H17BrN4O3. The number of hydrogen-bond donors (Lipinski definition) is 1. The van der Waals surface area contributed by atoms with E-state index in [1.165, 1.54) is 21.5 Å². The van der Waals surface area contributed by atoms with Crippen LogP contribution in [0.4, 0.5) is 5.69 Å². The van der Waals surface area contributed by atoms with Crippen molar-refractivity contribution in [1.82, 2.24) is 14.1 Å². The van der Waals surface area contributed by atoms with Gasteiger partial charge in [-0.05, 0) is 31.2 Å². The minimum absolute atomic E-state index is 0.117. The van der Waals surface area contributed by atoms with E-state index in [2.05, 4.69) is 26.2 Å². The second-order valence-corrected chi connectivity index (χ2v) is 6.66. The van der Waals surface area contributed by atoms with Gasteiger partial charge in [0.25, 0.3) is 11.1 Å². The number of carbonyl (C=O) groups excluding carboxylic acids is 1. The molecule has 0 aliphatic carbocycles. The van der Waals surface area contributed by atoms with Crippen molar-refractivity contribution >= 4 is 38.4 Å². The molecule has 3 rings (SSSR count). The average molecular weight is 417 g/mol. The van der Waals surface area contributed by atoms with E-state index in [0.29, 0.717) is 23.1 Å². The molecule has 0 aliphatic heterocycles. The molecule has 0 saturated heterocycles. The van der Waals surface area contributed by atoms with E-state index in [-0.39, 0.29) is 30.0 Å². The maximum atomic E-state index is 12.5. The number of pyridine rings is 1. The molecule has 0 radical (unpaired) electrons. The van der Waals surface area contributed by atoms with Gasteiger partial charge in [0.05, 0.1) is 22.9 Å². The highest BCUT2D eigenvalue weighted by Gasteiger charge is 2.08. The minimum atomic E-state index is -0.243. The molecule has 1 aromatic carbocycles. The molecule has 0 aliphatic rings. The van der Waals surface area contributed by atoms with Gasteiger partial charge < -0.3 is 9.88 Å². The van der Waals surface area contributed by atoms with Crippen molar-refractivity contribution in [2.75, 3.05) is 5.32 Å². The first kappa shape index (κ1) is 18.1. The maximum absolute atomic E-state index is 12.5. The third-order valence-corrected chi connectivity index (χ3v) is 4.47. The zero-order valence-electron chi connectivity index (χ0n) is 14.1. The summed E-state index contributed by atoms with van der Waals surface area (Å²) in [5, 5.41) is 3.24. The zero-order valence-corrected chi connectivity index (χ0v) is 15.7. The lowest BCUT2D eigenvalue weighted by molar-refractivity contribution is -0.116. The van der Waals surface area contributed by atoms with Gasteiger partial charge in [0.1, 0.15) is 0 Å². The van der Waals surface area contributed by atoms with Crippen LogP contribution in [0.15, 0.2) is 56.9 Å². The van der Waals surface area contributed by atoms with Crippen molar-refractivity contribution in [3.63, 3.8) is 0 Å². The Morgan fingerprint density at radius 3 is 2.77 bits per heavy atom. The molecule has 1 amide bonds. The average Bonchev–Trinajstić information content (AvgIpc) is 2.63. The molecule has 2 aromatic heterocycles. The van der Waals surface area contributed by atoms with Crippen molar-refractivity contribution in [3.8, 4) is 0 Å². The number of rotatable bonds is 5. The fraction of sp³-hybridized carbons (Fsp3) is 0.222. The number of fused-ring (bicyclic) bond motifs is 1. The molecule has 3 aromatic rings. The molecule has 0 saturated carbocycles. The Bertz CT molecular complexity index is 1090. The molecule has 0 fully saturated rings. The molecule has 8 heteroatoms. The van der Waals surface area contributed by atoms with Crippen molar-refractivity contribution in [1.29, 1.82) is 0 Å². The van der Waals surface area contributed by atoms with E-state index in [1.54, 1.807) is 24.4 Å². The molecule has 0 unspecified atom stereocenters. The number of aryl methyl sites for hydroxylation is 2. The zero-order chi connectivity index (χ0) is 18.7. The van der Waals surface area contributed by atoms with Crippen LogP contribution in [0.5, 0.6) is 0 Å². The SMILES string of the molecule is CCn1cc(NC(=O)CCn2cnc3ccc(Br)cc3c2=O)ccc1=O. The van der Waals surface area contributed by atoms with Crippen molar-refractivity contribution in [3.05, 3.63) is 68.0 Å². The number of anilines is 1. The van der Waals surface area contributed by atoms with Crippen LogP contribution in [0.3, 0.4) is 0 Å². The van der Waals surface area contributed by atoms with Crippen molar-refractivity contribution < 1.29 is 4.79 Å². The number of hydrogen-bond acceptors (Lipinski definition) is 4. The fourth-order valence-electron chi connectivity index (χ4n) is 2.59. The summed E-state index contributed by atoms with van der Waals surface area (Å²) >= 11 is 3.34. The van der Waals surface area contributed by atoms with Crippen LogP contribution in [-0.2, 0) is 17.9 Å². The van der Waals surface area contributed by atoms with Crippen LogP contribution in [0.25, 0.3) is 10.9 Å². The van der Waals surface area contributed by atoms with E-state index in [9.17, 15) is 14.4 Å². The Hall–Kier alpha value is -2.74. The van der Waals surface area contributed by atoms with Crippen LogP contribution in [0, 0.1) is 0 Å². The Kier molecular flexibility index (Phi) is 5.32. The molecule has 7 nitrogen and oxygen atoms in total. The number of carbonyl (C=O) groups is 1. The predicted octanol–water partition coefficient (Wildman–Crippen LogP) is 2.37. The summed E-state index contributed by atoms with van der Waals surface area (Å²) in [4.78, 5) is 40.5. The lowest BCUT2D eigenvalue weighted by atomic mass is 10.2. The van der Waals surface area contributed by atoms with Crippen LogP contribution in [0.1, 0.15) is 13.3 Å². The van der Waals surface area contributed by atoms with Gasteiger partial charge in [0.2, 0.25) is 5.91 Å². The van der Waals surface area contributed by atoms with Gasteiger partial charge in [-0.2, -0.15) is 0 Å². The molecule has 1 N–H and O–H groups in total. The largest absolute Gasteiger partial charge is 0.325 e. The molecule has 26 heavy (non-hydrogen) atoms. The number of halogens is 1. The van der Waals surface area contributed by atoms with E-state index < -0.39 is 0 Å². The summed E-state index contributed by atoms with van der Waals surface area (Å²) in [5.41, 5.74) is 0.846. The molecular weight excluding hydrogens is 400 g/mol. The summed E-state index contributed by atoms with van der Waals surface area (Å²) < 4.78 is 3.72. The van der Waals surface area contributed by atoms with E-state index >= 15 is 0 Å². The summed E-state index contributed by atoms with van der Waals surface area (Å²) in [6.45, 7) is 2.59. The molecule has 134 valence electrons. The van der Waals surface area contributed by atoms with Gasteiger partial charge in [-0.3, -0.25) is 19.0 Å². The number of nitrogens with zero attached hydrogens (tertiary/aromatic N) is 3. The standard InChI is InChI=1S/C18H17BrN4O3/c1-2-22-10-13(4-6-17(22)25)21-16(24)7-8-23-11-20-15-5-3-12(19)9-14(15)18(23)26/h3-6,9-11H,2,7-8H2,1H3,(H,21,24). The van der Waals surface area contributed by atoms with Gasteiger partial charge in [0.15, 0.2) is 0 Å². The molecule has 0 bridgehead atoms. The molecule has 0 atom stereocenters. The smallest absolute Gasteiger partial charge is 0.261 e.